The molecule has 3 aromatic rings. The first-order valence-corrected chi connectivity index (χ1v) is 13.5. The Morgan fingerprint density at radius 3 is 2.87 bits per heavy atom. The normalized spacial score (nSPS) is 14.6. The second kappa shape index (κ2) is 14.0. The van der Waals surface area contributed by atoms with E-state index < -0.39 is 18.2 Å². The van der Waals surface area contributed by atoms with Crippen LogP contribution < -0.4 is 10.6 Å². The Kier molecular flexibility index (Phi) is 10.2. The summed E-state index contributed by atoms with van der Waals surface area (Å²) in [6, 6.07) is 6.90. The monoisotopic (exact) mass is 537 g/mol. The van der Waals surface area contributed by atoms with E-state index in [4.69, 9.17) is 4.98 Å². The summed E-state index contributed by atoms with van der Waals surface area (Å²) in [4.78, 5) is 29.1. The molecule has 0 saturated carbocycles. The standard InChI is InChI=1S/C27H39N9O3/c1-34(2)25(37)18-35(14-4-3-8-21-10-9-20-7-5-12-28-26(20)32-21)16-11-22(27(38)39)33-23-17-24(30-19-29-23)36-15-6-13-31-36/h6,9-10,13,15,17,19,22,25,37H,3-5,7-8,11-12,14,16,18H2,1-2H3,(H,28,32)(H,38,39)(H,29,30,33)/t22-,25-/m0/s1. The van der Waals surface area contributed by atoms with E-state index in [0.717, 1.165) is 56.7 Å². The van der Waals surface area contributed by atoms with Crippen molar-refractivity contribution >= 4 is 17.6 Å². The van der Waals surface area contributed by atoms with Crippen molar-refractivity contribution in [3.8, 4) is 5.82 Å². The van der Waals surface area contributed by atoms with Crippen molar-refractivity contribution in [1.82, 2.24) is 34.5 Å². The van der Waals surface area contributed by atoms with Gasteiger partial charge in [0.2, 0.25) is 0 Å². The lowest BCUT2D eigenvalue weighted by Crippen LogP contribution is -2.43. The van der Waals surface area contributed by atoms with Gasteiger partial charge in [0.1, 0.15) is 30.2 Å². The number of carboxylic acid groups (broad SMARTS) is 1. The molecule has 0 bridgehead atoms. The van der Waals surface area contributed by atoms with Gasteiger partial charge in [0.15, 0.2) is 5.82 Å². The Bertz CT molecular complexity index is 1190. The number of anilines is 2. The number of aliphatic hydroxyl groups excluding tert-OH is 1. The van der Waals surface area contributed by atoms with Gasteiger partial charge in [0, 0.05) is 43.8 Å². The molecule has 4 heterocycles. The Labute approximate surface area is 229 Å². The zero-order valence-corrected chi connectivity index (χ0v) is 22.7. The fourth-order valence-corrected chi connectivity index (χ4v) is 4.54. The van der Waals surface area contributed by atoms with E-state index in [1.54, 1.807) is 34.1 Å². The first-order valence-electron chi connectivity index (χ1n) is 13.5. The lowest BCUT2D eigenvalue weighted by atomic mass is 10.1. The number of carbonyl (C=O) groups is 1. The van der Waals surface area contributed by atoms with Gasteiger partial charge in [-0.1, -0.05) is 6.07 Å². The van der Waals surface area contributed by atoms with Crippen LogP contribution in [0.2, 0.25) is 0 Å². The number of aliphatic carboxylic acids is 1. The van der Waals surface area contributed by atoms with Gasteiger partial charge in [-0.05, 0) is 76.9 Å². The lowest BCUT2D eigenvalue weighted by Gasteiger charge is -2.29. The first kappa shape index (κ1) is 28.4. The molecule has 3 aromatic heterocycles. The summed E-state index contributed by atoms with van der Waals surface area (Å²) in [5.74, 6) is 1.01. The molecule has 39 heavy (non-hydrogen) atoms. The molecule has 2 atom stereocenters. The molecule has 0 spiro atoms. The van der Waals surface area contributed by atoms with Gasteiger partial charge in [-0.3, -0.25) is 9.80 Å². The average Bonchev–Trinajstić information content (AvgIpc) is 3.48. The molecule has 1 aliphatic heterocycles. The highest BCUT2D eigenvalue weighted by molar-refractivity contribution is 5.76. The Morgan fingerprint density at radius 2 is 2.10 bits per heavy atom. The minimum atomic E-state index is -0.963. The second-order valence-corrected chi connectivity index (χ2v) is 10.1. The van der Waals surface area contributed by atoms with Crippen molar-refractivity contribution in [3.63, 3.8) is 0 Å². The topological polar surface area (TPSA) is 145 Å². The predicted octanol–water partition coefficient (Wildman–Crippen LogP) is 1.88. The summed E-state index contributed by atoms with van der Waals surface area (Å²) in [5, 5.41) is 30.9. The molecule has 0 fully saturated rings. The SMILES string of the molecule is CN(C)[C@@H](O)CN(CCCCc1ccc2c(n1)NCCC2)CC[C@H](Nc1cc(-n2cccn2)ncn1)C(=O)O. The van der Waals surface area contributed by atoms with Crippen molar-refractivity contribution in [1.29, 1.82) is 0 Å². The number of hydrogen-bond acceptors (Lipinski definition) is 10. The maximum atomic E-state index is 12.1. The van der Waals surface area contributed by atoms with Gasteiger partial charge >= 0.3 is 5.97 Å². The van der Waals surface area contributed by atoms with E-state index in [1.165, 1.54) is 11.9 Å². The summed E-state index contributed by atoms with van der Waals surface area (Å²) >= 11 is 0. The minimum absolute atomic E-state index is 0.342. The van der Waals surface area contributed by atoms with E-state index in [-0.39, 0.29) is 0 Å². The van der Waals surface area contributed by atoms with Gasteiger partial charge in [-0.2, -0.15) is 5.10 Å². The third-order valence-electron chi connectivity index (χ3n) is 6.87. The van der Waals surface area contributed by atoms with E-state index in [0.29, 0.717) is 31.1 Å². The highest BCUT2D eigenvalue weighted by Gasteiger charge is 2.21. The van der Waals surface area contributed by atoms with Gasteiger partial charge in [-0.25, -0.2) is 24.4 Å². The van der Waals surface area contributed by atoms with Crippen LogP contribution in [0.25, 0.3) is 5.82 Å². The molecule has 0 unspecified atom stereocenters. The molecule has 4 N–H and O–H groups in total. The Morgan fingerprint density at radius 1 is 1.23 bits per heavy atom. The van der Waals surface area contributed by atoms with E-state index >= 15 is 0 Å². The molecule has 12 heteroatoms. The number of fused-ring (bicyclic) bond motifs is 1. The number of aliphatic hydroxyl groups is 1. The molecule has 4 rings (SSSR count). The average molecular weight is 538 g/mol. The lowest BCUT2D eigenvalue weighted by molar-refractivity contribution is -0.138. The molecular formula is C27H39N9O3. The van der Waals surface area contributed by atoms with Crippen LogP contribution in [0.4, 0.5) is 11.6 Å². The van der Waals surface area contributed by atoms with Crippen LogP contribution in [0.5, 0.6) is 0 Å². The summed E-state index contributed by atoms with van der Waals surface area (Å²) in [6.07, 6.45) is 9.45. The van der Waals surface area contributed by atoms with E-state index in [2.05, 4.69) is 42.7 Å². The summed E-state index contributed by atoms with van der Waals surface area (Å²) in [5.41, 5.74) is 2.37. The van der Waals surface area contributed by atoms with Crippen LogP contribution in [0, 0.1) is 0 Å². The van der Waals surface area contributed by atoms with Crippen LogP contribution in [-0.2, 0) is 17.6 Å². The number of nitrogens with one attached hydrogen (secondary N) is 2. The fourth-order valence-electron chi connectivity index (χ4n) is 4.54. The van der Waals surface area contributed by atoms with E-state index in [1.807, 2.05) is 14.1 Å². The number of likely N-dealkylation sites (N-methyl/N-ethyl adjacent to an activating group) is 1. The number of unbranched alkanes of at least 4 members (excludes halogenated alkanes) is 1. The van der Waals surface area contributed by atoms with Gasteiger partial charge < -0.3 is 20.8 Å². The summed E-state index contributed by atoms with van der Waals surface area (Å²) in [6.45, 7) is 2.66. The number of hydrogen-bond donors (Lipinski definition) is 4. The molecular weight excluding hydrogens is 498 g/mol. The van der Waals surface area contributed by atoms with Crippen LogP contribution >= 0.6 is 0 Å². The number of pyridine rings is 1. The van der Waals surface area contributed by atoms with Crippen LogP contribution in [0.1, 0.15) is 36.9 Å². The minimum Gasteiger partial charge on any atom is -0.480 e. The predicted molar refractivity (Wildman–Crippen MR) is 149 cm³/mol. The smallest absolute Gasteiger partial charge is 0.326 e. The number of nitrogens with zero attached hydrogens (tertiary/aromatic N) is 7. The number of aromatic nitrogens is 5. The molecule has 0 aromatic carbocycles. The Hall–Kier alpha value is -3.61. The molecule has 0 radical (unpaired) electrons. The largest absolute Gasteiger partial charge is 0.480 e. The summed E-state index contributed by atoms with van der Waals surface area (Å²) in [7, 11) is 3.65. The van der Waals surface area contributed by atoms with Crippen LogP contribution in [0.3, 0.4) is 0 Å². The first-order chi connectivity index (χ1) is 18.9. The van der Waals surface area contributed by atoms with Crippen LogP contribution in [0.15, 0.2) is 43.0 Å². The summed E-state index contributed by atoms with van der Waals surface area (Å²) < 4.78 is 1.59. The highest BCUT2D eigenvalue weighted by Crippen LogP contribution is 2.20. The third kappa shape index (κ3) is 8.44. The maximum absolute atomic E-state index is 12.1. The van der Waals surface area contributed by atoms with Crippen molar-refractivity contribution in [2.24, 2.45) is 0 Å². The zero-order valence-electron chi connectivity index (χ0n) is 22.7. The van der Waals surface area contributed by atoms with E-state index in [9.17, 15) is 15.0 Å². The highest BCUT2D eigenvalue weighted by atomic mass is 16.4. The number of rotatable bonds is 15. The quantitative estimate of drug-likeness (QED) is 0.167. The zero-order chi connectivity index (χ0) is 27.6. The molecule has 1 aliphatic rings. The molecule has 210 valence electrons. The molecule has 0 saturated heterocycles. The van der Waals surface area contributed by atoms with Crippen molar-refractivity contribution in [3.05, 3.63) is 54.2 Å². The van der Waals surface area contributed by atoms with Gasteiger partial charge in [-0.15, -0.1) is 0 Å². The van der Waals surface area contributed by atoms with Crippen molar-refractivity contribution in [2.75, 3.05) is 50.9 Å². The number of carboxylic acids is 1. The fraction of sp³-hybridized carbons (Fsp3) is 0.519. The van der Waals surface area contributed by atoms with Crippen molar-refractivity contribution < 1.29 is 15.0 Å². The van der Waals surface area contributed by atoms with Crippen LogP contribution in [-0.4, -0.2) is 103 Å². The molecule has 0 aliphatic carbocycles. The molecule has 12 nitrogen and oxygen atoms in total. The molecule has 0 amide bonds. The third-order valence-corrected chi connectivity index (χ3v) is 6.87. The second-order valence-electron chi connectivity index (χ2n) is 10.1. The number of aryl methyl sites for hydroxylation is 2. The van der Waals surface area contributed by atoms with Gasteiger partial charge in [0.25, 0.3) is 0 Å². The van der Waals surface area contributed by atoms with Crippen molar-refractivity contribution in [2.45, 2.75) is 50.8 Å². The maximum Gasteiger partial charge on any atom is 0.326 e. The van der Waals surface area contributed by atoms with Gasteiger partial charge in [0.05, 0.1) is 0 Å². The Balaban J connectivity index is 1.31.